The number of hydrogen-bond acceptors (Lipinski definition) is 3. The van der Waals surface area contributed by atoms with Crippen LogP contribution in [0.1, 0.15) is 12.5 Å². The van der Waals surface area contributed by atoms with Crippen molar-refractivity contribution < 1.29 is 14.3 Å². The molecule has 1 aliphatic rings. The summed E-state index contributed by atoms with van der Waals surface area (Å²) in [6, 6.07) is 5.56. The summed E-state index contributed by atoms with van der Waals surface area (Å²) in [6.45, 7) is 3.65. The van der Waals surface area contributed by atoms with Gasteiger partial charge >= 0.3 is 0 Å². The van der Waals surface area contributed by atoms with Gasteiger partial charge in [0.1, 0.15) is 12.3 Å². The summed E-state index contributed by atoms with van der Waals surface area (Å²) in [6.07, 6.45) is -0.566. The second-order valence-corrected chi connectivity index (χ2v) is 4.33. The molecule has 1 N–H and O–H groups in total. The molecule has 1 aliphatic heterocycles. The van der Waals surface area contributed by atoms with E-state index in [0.717, 1.165) is 5.56 Å². The van der Waals surface area contributed by atoms with E-state index in [9.17, 15) is 9.59 Å². The molecular formula is C13H16N2O3. The Morgan fingerprint density at radius 2 is 2.22 bits per heavy atom. The second kappa shape index (κ2) is 4.68. The molecule has 0 spiro atoms. The fraction of sp³-hybridized carbons (Fsp3) is 0.385. The molecule has 2 amide bonds. The van der Waals surface area contributed by atoms with Crippen molar-refractivity contribution in [3.63, 3.8) is 0 Å². The number of anilines is 1. The number of carbonyl (C=O) groups is 2. The SMILES string of the molecule is CNC(=O)CN1C(=O)C(C)Oc2cc(C)ccc21. The highest BCUT2D eigenvalue weighted by atomic mass is 16.5. The van der Waals surface area contributed by atoms with Crippen molar-refractivity contribution in [2.24, 2.45) is 0 Å². The van der Waals surface area contributed by atoms with Crippen LogP contribution in [0.15, 0.2) is 18.2 Å². The summed E-state index contributed by atoms with van der Waals surface area (Å²) in [5, 5.41) is 2.52. The van der Waals surface area contributed by atoms with Crippen LogP contribution in [0.4, 0.5) is 5.69 Å². The van der Waals surface area contributed by atoms with Crippen molar-refractivity contribution in [3.8, 4) is 5.75 Å². The number of carbonyl (C=O) groups excluding carboxylic acids is 2. The van der Waals surface area contributed by atoms with Gasteiger partial charge in [0.05, 0.1) is 5.69 Å². The Morgan fingerprint density at radius 1 is 1.50 bits per heavy atom. The maximum Gasteiger partial charge on any atom is 0.268 e. The summed E-state index contributed by atoms with van der Waals surface area (Å²) in [7, 11) is 1.55. The molecule has 18 heavy (non-hydrogen) atoms. The topological polar surface area (TPSA) is 58.6 Å². The standard InChI is InChI=1S/C13H16N2O3/c1-8-4-5-10-11(6-8)18-9(2)13(17)15(10)7-12(16)14-3/h4-6,9H,7H2,1-3H3,(H,14,16). The number of nitrogens with one attached hydrogen (secondary N) is 1. The van der Waals surface area contributed by atoms with Gasteiger partial charge < -0.3 is 10.1 Å². The van der Waals surface area contributed by atoms with Crippen molar-refractivity contribution in [3.05, 3.63) is 23.8 Å². The number of ether oxygens (including phenoxy) is 1. The average molecular weight is 248 g/mol. The Kier molecular flexibility index (Phi) is 3.23. The lowest BCUT2D eigenvalue weighted by Crippen LogP contribution is -2.48. The summed E-state index contributed by atoms with van der Waals surface area (Å²) in [5.41, 5.74) is 1.70. The third-order valence-electron chi connectivity index (χ3n) is 2.90. The van der Waals surface area contributed by atoms with E-state index in [-0.39, 0.29) is 18.4 Å². The number of likely N-dealkylation sites (N-methyl/N-ethyl adjacent to an activating group) is 1. The number of benzene rings is 1. The lowest BCUT2D eigenvalue weighted by molar-refractivity contribution is -0.128. The molecule has 0 bridgehead atoms. The van der Waals surface area contributed by atoms with Gasteiger partial charge in [0.25, 0.3) is 5.91 Å². The minimum Gasteiger partial charge on any atom is -0.479 e. The van der Waals surface area contributed by atoms with Gasteiger partial charge in [-0.3, -0.25) is 14.5 Å². The normalized spacial score (nSPS) is 18.1. The van der Waals surface area contributed by atoms with E-state index in [1.54, 1.807) is 20.0 Å². The lowest BCUT2D eigenvalue weighted by atomic mass is 10.1. The largest absolute Gasteiger partial charge is 0.479 e. The molecule has 0 saturated heterocycles. The Hall–Kier alpha value is -2.04. The number of rotatable bonds is 2. The fourth-order valence-electron chi connectivity index (χ4n) is 1.90. The van der Waals surface area contributed by atoms with Crippen LogP contribution in [0.3, 0.4) is 0 Å². The summed E-state index contributed by atoms with van der Waals surface area (Å²) in [4.78, 5) is 25.0. The molecule has 1 unspecified atom stereocenters. The van der Waals surface area contributed by atoms with Crippen molar-refractivity contribution in [1.82, 2.24) is 5.32 Å². The number of hydrogen-bond donors (Lipinski definition) is 1. The molecule has 0 saturated carbocycles. The van der Waals surface area contributed by atoms with Crippen LogP contribution in [-0.4, -0.2) is 31.5 Å². The van der Waals surface area contributed by atoms with E-state index >= 15 is 0 Å². The molecule has 1 heterocycles. The first-order chi connectivity index (χ1) is 8.52. The van der Waals surface area contributed by atoms with Gasteiger partial charge in [-0.25, -0.2) is 0 Å². The highest BCUT2D eigenvalue weighted by Gasteiger charge is 2.32. The first-order valence-corrected chi connectivity index (χ1v) is 5.82. The Balaban J connectivity index is 2.39. The zero-order valence-electron chi connectivity index (χ0n) is 10.7. The summed E-state index contributed by atoms with van der Waals surface area (Å²) in [5.74, 6) is 0.241. The van der Waals surface area contributed by atoms with Crippen molar-refractivity contribution in [2.45, 2.75) is 20.0 Å². The summed E-state index contributed by atoms with van der Waals surface area (Å²) >= 11 is 0. The highest BCUT2D eigenvalue weighted by molar-refractivity contribution is 6.03. The molecule has 1 aromatic rings. The molecule has 0 radical (unpaired) electrons. The van der Waals surface area contributed by atoms with Gasteiger partial charge in [-0.15, -0.1) is 0 Å². The number of nitrogens with zero attached hydrogens (tertiary/aromatic N) is 1. The third kappa shape index (κ3) is 2.16. The maximum atomic E-state index is 12.0. The third-order valence-corrected chi connectivity index (χ3v) is 2.90. The van der Waals surface area contributed by atoms with E-state index in [1.165, 1.54) is 4.90 Å². The quantitative estimate of drug-likeness (QED) is 0.844. The molecule has 1 aromatic carbocycles. The Morgan fingerprint density at radius 3 is 2.89 bits per heavy atom. The lowest BCUT2D eigenvalue weighted by Gasteiger charge is -2.32. The predicted octanol–water partition coefficient (Wildman–Crippen LogP) is 0.855. The molecular weight excluding hydrogens is 232 g/mol. The van der Waals surface area contributed by atoms with Crippen molar-refractivity contribution in [2.75, 3.05) is 18.5 Å². The molecule has 5 nitrogen and oxygen atoms in total. The van der Waals surface area contributed by atoms with Crippen molar-refractivity contribution >= 4 is 17.5 Å². The predicted molar refractivity (Wildman–Crippen MR) is 67.7 cm³/mol. The second-order valence-electron chi connectivity index (χ2n) is 4.33. The number of amides is 2. The molecule has 5 heteroatoms. The first kappa shape index (κ1) is 12.4. The number of fused-ring (bicyclic) bond motifs is 1. The van der Waals surface area contributed by atoms with E-state index < -0.39 is 6.10 Å². The fourth-order valence-corrected chi connectivity index (χ4v) is 1.90. The Bertz CT molecular complexity index is 499. The molecule has 0 fully saturated rings. The highest BCUT2D eigenvalue weighted by Crippen LogP contribution is 2.34. The van der Waals surface area contributed by atoms with Crippen LogP contribution in [-0.2, 0) is 9.59 Å². The smallest absolute Gasteiger partial charge is 0.268 e. The maximum absolute atomic E-state index is 12.0. The van der Waals surface area contributed by atoms with Crippen LogP contribution >= 0.6 is 0 Å². The van der Waals surface area contributed by atoms with Crippen LogP contribution in [0, 0.1) is 6.92 Å². The molecule has 1 atom stereocenters. The minimum atomic E-state index is -0.566. The van der Waals surface area contributed by atoms with E-state index in [1.807, 2.05) is 19.1 Å². The number of aryl methyl sites for hydroxylation is 1. The Labute approximate surface area is 106 Å². The molecule has 0 aliphatic carbocycles. The molecule has 0 aromatic heterocycles. The zero-order chi connectivity index (χ0) is 13.3. The van der Waals surface area contributed by atoms with Crippen LogP contribution in [0.5, 0.6) is 5.75 Å². The van der Waals surface area contributed by atoms with Gasteiger partial charge in [0.15, 0.2) is 6.10 Å². The first-order valence-electron chi connectivity index (χ1n) is 5.82. The molecule has 2 rings (SSSR count). The van der Waals surface area contributed by atoms with Crippen LogP contribution < -0.4 is 15.0 Å². The molecule has 96 valence electrons. The summed E-state index contributed by atoms with van der Waals surface area (Å²) < 4.78 is 5.55. The van der Waals surface area contributed by atoms with Gasteiger partial charge in [0.2, 0.25) is 5.91 Å². The van der Waals surface area contributed by atoms with Gasteiger partial charge in [0, 0.05) is 7.05 Å². The van der Waals surface area contributed by atoms with Crippen LogP contribution in [0.25, 0.3) is 0 Å². The van der Waals surface area contributed by atoms with Crippen LogP contribution in [0.2, 0.25) is 0 Å². The van der Waals surface area contributed by atoms with Crippen molar-refractivity contribution in [1.29, 1.82) is 0 Å². The van der Waals surface area contributed by atoms with Gasteiger partial charge in [-0.1, -0.05) is 6.07 Å². The average Bonchev–Trinajstić information content (AvgIpc) is 2.34. The zero-order valence-corrected chi connectivity index (χ0v) is 10.7. The van der Waals surface area contributed by atoms with E-state index in [0.29, 0.717) is 11.4 Å². The van der Waals surface area contributed by atoms with Gasteiger partial charge in [-0.2, -0.15) is 0 Å². The van der Waals surface area contributed by atoms with E-state index in [4.69, 9.17) is 4.74 Å². The van der Waals surface area contributed by atoms with Gasteiger partial charge in [-0.05, 0) is 31.5 Å². The minimum absolute atomic E-state index is 0.0130. The monoisotopic (exact) mass is 248 g/mol. The van der Waals surface area contributed by atoms with E-state index in [2.05, 4.69) is 5.32 Å².